The summed E-state index contributed by atoms with van der Waals surface area (Å²) in [4.78, 5) is 16.4. The number of carbonyl (C=O) groups excluding carboxylic acids is 1. The minimum atomic E-state index is -3.75. The number of rotatable bonds is 9. The van der Waals surface area contributed by atoms with Crippen molar-refractivity contribution in [2.75, 3.05) is 15.8 Å². The van der Waals surface area contributed by atoms with Crippen LogP contribution in [-0.2, 0) is 21.4 Å². The molecule has 1 amide bonds. The average molecular weight is 535 g/mol. The fourth-order valence-electron chi connectivity index (χ4n) is 3.01. The summed E-state index contributed by atoms with van der Waals surface area (Å²) in [5, 5.41) is 14.4. The fourth-order valence-corrected chi connectivity index (χ4v) is 5.80. The largest absolute Gasteiger partial charge is 0.325 e. The molecule has 4 aromatic rings. The van der Waals surface area contributed by atoms with Gasteiger partial charge in [0.2, 0.25) is 5.91 Å². The summed E-state index contributed by atoms with van der Waals surface area (Å²) >= 11 is 8.53. The number of sulfonamides is 1. The Kier molecular flexibility index (Phi) is 7.51. The Morgan fingerprint density at radius 1 is 1.18 bits per heavy atom. The highest BCUT2D eigenvalue weighted by Gasteiger charge is 2.17. The zero-order valence-electron chi connectivity index (χ0n) is 17.8. The third kappa shape index (κ3) is 5.76. The number of benzene rings is 2. The molecular formula is C21H19ClN6O3S3. The second kappa shape index (κ2) is 10.6. The van der Waals surface area contributed by atoms with Crippen LogP contribution in [0.5, 0.6) is 0 Å². The summed E-state index contributed by atoms with van der Waals surface area (Å²) < 4.78 is 29.2. The molecule has 0 aliphatic carbocycles. The normalized spacial score (nSPS) is 11.4. The van der Waals surface area contributed by atoms with Gasteiger partial charge < -0.3 is 9.88 Å². The van der Waals surface area contributed by atoms with E-state index in [2.05, 4.69) is 25.2 Å². The standard InChI is InChI=1S/C21H19ClN6O3S3/c1-2-28-19(14-4-3-5-15(22)12-14)25-26-21(28)33-13-18(29)24-16-6-8-17(9-7-16)34(30,31)27-20-23-10-11-32-20/h3-12H,2,13H2,1H3,(H,23,27)(H,24,29). The molecule has 9 nitrogen and oxygen atoms in total. The van der Waals surface area contributed by atoms with Crippen LogP contribution in [0.2, 0.25) is 5.02 Å². The zero-order chi connectivity index (χ0) is 24.1. The van der Waals surface area contributed by atoms with Crippen LogP contribution in [0.25, 0.3) is 11.4 Å². The molecule has 0 radical (unpaired) electrons. The van der Waals surface area contributed by atoms with Crippen molar-refractivity contribution in [1.29, 1.82) is 0 Å². The molecule has 0 aliphatic heterocycles. The molecule has 0 spiro atoms. The van der Waals surface area contributed by atoms with Crippen LogP contribution in [-0.4, -0.2) is 39.8 Å². The number of amides is 1. The van der Waals surface area contributed by atoms with Crippen LogP contribution in [0, 0.1) is 0 Å². The van der Waals surface area contributed by atoms with Gasteiger partial charge in [-0.2, -0.15) is 0 Å². The lowest BCUT2D eigenvalue weighted by atomic mass is 10.2. The predicted octanol–water partition coefficient (Wildman–Crippen LogP) is 4.61. The Morgan fingerprint density at radius 2 is 1.97 bits per heavy atom. The first-order valence-electron chi connectivity index (χ1n) is 10.00. The van der Waals surface area contributed by atoms with Gasteiger partial charge in [0.15, 0.2) is 16.1 Å². The maximum absolute atomic E-state index is 12.5. The highest BCUT2D eigenvalue weighted by molar-refractivity contribution is 7.99. The van der Waals surface area contributed by atoms with Crippen molar-refractivity contribution in [3.63, 3.8) is 0 Å². The second-order valence-electron chi connectivity index (χ2n) is 6.86. The number of anilines is 2. The maximum atomic E-state index is 12.5. The highest BCUT2D eigenvalue weighted by Crippen LogP contribution is 2.26. The summed E-state index contributed by atoms with van der Waals surface area (Å²) in [5.74, 6) is 0.534. The van der Waals surface area contributed by atoms with Crippen molar-refractivity contribution in [2.24, 2.45) is 0 Å². The minimum Gasteiger partial charge on any atom is -0.325 e. The molecule has 2 N–H and O–H groups in total. The lowest BCUT2D eigenvalue weighted by molar-refractivity contribution is -0.113. The molecular weight excluding hydrogens is 516 g/mol. The van der Waals surface area contributed by atoms with E-state index in [0.29, 0.717) is 28.2 Å². The van der Waals surface area contributed by atoms with Crippen LogP contribution in [0.1, 0.15) is 6.92 Å². The smallest absolute Gasteiger partial charge is 0.263 e. The number of nitrogens with one attached hydrogen (secondary N) is 2. The number of thiazole rings is 1. The average Bonchev–Trinajstić information content (AvgIpc) is 3.47. The number of halogens is 1. The van der Waals surface area contributed by atoms with Gasteiger partial charge in [0.1, 0.15) is 0 Å². The molecule has 2 heterocycles. The van der Waals surface area contributed by atoms with Crippen LogP contribution in [0.15, 0.2) is 70.2 Å². The fraction of sp³-hybridized carbons (Fsp3) is 0.143. The van der Waals surface area contributed by atoms with Gasteiger partial charge in [-0.1, -0.05) is 35.5 Å². The van der Waals surface area contributed by atoms with E-state index in [0.717, 1.165) is 5.56 Å². The Hall–Kier alpha value is -2.93. The third-order valence-electron chi connectivity index (χ3n) is 4.55. The molecule has 0 fully saturated rings. The van der Waals surface area contributed by atoms with Crippen LogP contribution < -0.4 is 10.0 Å². The van der Waals surface area contributed by atoms with Crippen molar-refractivity contribution in [1.82, 2.24) is 19.7 Å². The summed E-state index contributed by atoms with van der Waals surface area (Å²) in [6.07, 6.45) is 1.51. The van der Waals surface area contributed by atoms with Gasteiger partial charge in [0, 0.05) is 34.4 Å². The molecule has 0 bridgehead atoms. The van der Waals surface area contributed by atoms with Crippen LogP contribution >= 0.6 is 34.7 Å². The minimum absolute atomic E-state index is 0.0691. The maximum Gasteiger partial charge on any atom is 0.263 e. The van der Waals surface area contributed by atoms with Gasteiger partial charge in [0.05, 0.1) is 10.6 Å². The molecule has 0 atom stereocenters. The van der Waals surface area contributed by atoms with Gasteiger partial charge >= 0.3 is 0 Å². The Morgan fingerprint density at radius 3 is 2.65 bits per heavy atom. The van der Waals surface area contributed by atoms with Crippen molar-refractivity contribution in [2.45, 2.75) is 23.5 Å². The van der Waals surface area contributed by atoms with Crippen LogP contribution in [0.4, 0.5) is 10.8 Å². The molecule has 0 aliphatic rings. The zero-order valence-corrected chi connectivity index (χ0v) is 21.0. The first kappa shape index (κ1) is 24.2. The summed E-state index contributed by atoms with van der Waals surface area (Å²) in [5.41, 5.74) is 1.33. The van der Waals surface area contributed by atoms with E-state index < -0.39 is 10.0 Å². The first-order valence-corrected chi connectivity index (χ1v) is 13.7. The Labute approximate surface area is 209 Å². The van der Waals surface area contributed by atoms with Gasteiger partial charge in [-0.15, -0.1) is 21.5 Å². The van der Waals surface area contributed by atoms with E-state index in [1.165, 1.54) is 53.6 Å². The summed E-state index contributed by atoms with van der Waals surface area (Å²) in [6.45, 7) is 2.60. The molecule has 13 heteroatoms. The molecule has 0 unspecified atom stereocenters. The third-order valence-corrected chi connectivity index (χ3v) is 7.93. The summed E-state index contributed by atoms with van der Waals surface area (Å²) in [7, 11) is -3.75. The van der Waals surface area contributed by atoms with Gasteiger partial charge in [-0.3, -0.25) is 9.52 Å². The predicted molar refractivity (Wildman–Crippen MR) is 135 cm³/mol. The number of hydrogen-bond donors (Lipinski definition) is 2. The topological polar surface area (TPSA) is 119 Å². The van der Waals surface area contributed by atoms with E-state index in [1.54, 1.807) is 11.4 Å². The number of hydrogen-bond acceptors (Lipinski definition) is 8. The lowest BCUT2D eigenvalue weighted by Gasteiger charge is -2.09. The van der Waals surface area contributed by atoms with Gasteiger partial charge in [-0.25, -0.2) is 13.4 Å². The van der Waals surface area contributed by atoms with Gasteiger partial charge in [-0.05, 0) is 43.3 Å². The van der Waals surface area contributed by atoms with Crippen molar-refractivity contribution in [3.8, 4) is 11.4 Å². The van der Waals surface area contributed by atoms with E-state index in [1.807, 2.05) is 29.7 Å². The number of carbonyl (C=O) groups is 1. The summed E-state index contributed by atoms with van der Waals surface area (Å²) in [6, 6.07) is 13.3. The van der Waals surface area contributed by atoms with E-state index >= 15 is 0 Å². The number of aromatic nitrogens is 4. The molecule has 34 heavy (non-hydrogen) atoms. The molecule has 0 saturated heterocycles. The van der Waals surface area contributed by atoms with Crippen LogP contribution in [0.3, 0.4) is 0 Å². The first-order chi connectivity index (χ1) is 16.4. The van der Waals surface area contributed by atoms with E-state index in [9.17, 15) is 13.2 Å². The SMILES string of the molecule is CCn1c(SCC(=O)Nc2ccc(S(=O)(=O)Nc3nccs3)cc2)nnc1-c1cccc(Cl)c1. The Bertz CT molecular complexity index is 1390. The Balaban J connectivity index is 1.37. The quantitative estimate of drug-likeness (QED) is 0.301. The second-order valence-corrected chi connectivity index (χ2v) is 10.8. The van der Waals surface area contributed by atoms with Crippen molar-refractivity contribution >= 4 is 61.4 Å². The number of thioether (sulfide) groups is 1. The highest BCUT2D eigenvalue weighted by atomic mass is 35.5. The van der Waals surface area contributed by atoms with Gasteiger partial charge in [0.25, 0.3) is 10.0 Å². The van der Waals surface area contributed by atoms with Crippen molar-refractivity contribution in [3.05, 3.63) is 65.1 Å². The number of nitrogens with zero attached hydrogens (tertiary/aromatic N) is 4. The molecule has 0 saturated carbocycles. The monoisotopic (exact) mass is 534 g/mol. The molecule has 2 aromatic heterocycles. The lowest BCUT2D eigenvalue weighted by Crippen LogP contribution is -2.15. The molecule has 4 rings (SSSR count). The van der Waals surface area contributed by atoms with Crippen molar-refractivity contribution < 1.29 is 13.2 Å². The molecule has 2 aromatic carbocycles. The van der Waals surface area contributed by atoms with E-state index in [-0.39, 0.29) is 21.7 Å². The molecule has 176 valence electrons. The van der Waals surface area contributed by atoms with E-state index in [4.69, 9.17) is 11.6 Å².